The molecule has 0 atom stereocenters. The molecular weight excluding hydrogens is 350 g/mol. The number of aliphatic carboxylic acids is 1. The number of nitrogens with one attached hydrogen (secondary N) is 1. The highest BCUT2D eigenvalue weighted by Gasteiger charge is 2.13. The minimum Gasteiger partial charge on any atom is -0.489 e. The summed E-state index contributed by atoms with van der Waals surface area (Å²) in [7, 11) is 0. The van der Waals surface area contributed by atoms with Crippen LogP contribution in [0.25, 0.3) is 6.08 Å². The molecule has 0 saturated carbocycles. The van der Waals surface area contributed by atoms with Gasteiger partial charge in [0.1, 0.15) is 23.1 Å². The number of carbonyl (C=O) groups is 1. The molecular formula is C19H17N3O3S. The quantitative estimate of drug-likeness (QED) is 0.486. The van der Waals surface area contributed by atoms with E-state index in [9.17, 15) is 9.90 Å². The monoisotopic (exact) mass is 367 g/mol. The average Bonchev–Trinajstić information content (AvgIpc) is 3.06. The molecule has 0 aliphatic heterocycles. The molecule has 2 aromatic carbocycles. The van der Waals surface area contributed by atoms with E-state index >= 15 is 0 Å². The predicted molar refractivity (Wildman–Crippen MR) is 99.8 cm³/mol. The molecule has 6 nitrogen and oxygen atoms in total. The van der Waals surface area contributed by atoms with Gasteiger partial charge in [-0.3, -0.25) is 5.10 Å². The first kappa shape index (κ1) is 17.8. The van der Waals surface area contributed by atoms with E-state index in [-0.39, 0.29) is 4.91 Å². The van der Waals surface area contributed by atoms with Crippen molar-refractivity contribution >= 4 is 23.8 Å². The maximum absolute atomic E-state index is 11.5. The lowest BCUT2D eigenvalue weighted by Gasteiger charge is -2.06. The van der Waals surface area contributed by atoms with Gasteiger partial charge in [-0.2, -0.15) is 0 Å². The molecule has 132 valence electrons. The summed E-state index contributed by atoms with van der Waals surface area (Å²) in [5, 5.41) is 16.4. The van der Waals surface area contributed by atoms with Crippen LogP contribution in [0.2, 0.25) is 0 Å². The molecule has 0 aliphatic carbocycles. The van der Waals surface area contributed by atoms with Crippen LogP contribution < -0.4 is 4.74 Å². The number of carboxylic acids is 1. The van der Waals surface area contributed by atoms with Gasteiger partial charge in [-0.1, -0.05) is 42.5 Å². The minimum atomic E-state index is -1.03. The molecule has 0 unspecified atom stereocenters. The van der Waals surface area contributed by atoms with Crippen LogP contribution in [-0.4, -0.2) is 26.3 Å². The second kappa shape index (κ2) is 8.35. The fraction of sp³-hybridized carbons (Fsp3) is 0.105. The Hall–Kier alpha value is -3.06. The summed E-state index contributed by atoms with van der Waals surface area (Å²) < 4.78 is 5.73. The first-order chi connectivity index (χ1) is 12.6. The number of ether oxygens (including phenoxy) is 1. The maximum Gasteiger partial charge on any atom is 0.342 e. The van der Waals surface area contributed by atoms with Crippen molar-refractivity contribution in [3.8, 4) is 5.75 Å². The Labute approximate surface area is 154 Å². The molecule has 7 heteroatoms. The Morgan fingerprint density at radius 1 is 1.19 bits per heavy atom. The molecule has 1 aromatic heterocycles. The van der Waals surface area contributed by atoms with Crippen LogP contribution in [0.4, 0.5) is 0 Å². The number of aromatic amines is 1. The van der Waals surface area contributed by atoms with Crippen LogP contribution >= 0.6 is 11.8 Å². The van der Waals surface area contributed by atoms with E-state index in [0.29, 0.717) is 17.6 Å². The van der Waals surface area contributed by atoms with Crippen molar-refractivity contribution < 1.29 is 14.6 Å². The van der Waals surface area contributed by atoms with Gasteiger partial charge in [-0.25, -0.2) is 9.78 Å². The van der Waals surface area contributed by atoms with Crippen molar-refractivity contribution in [1.82, 2.24) is 15.2 Å². The first-order valence-corrected chi connectivity index (χ1v) is 8.70. The summed E-state index contributed by atoms with van der Waals surface area (Å²) in [4.78, 5) is 15.7. The number of carboxylic acid groups (broad SMARTS) is 1. The smallest absolute Gasteiger partial charge is 0.342 e. The van der Waals surface area contributed by atoms with E-state index < -0.39 is 5.97 Å². The van der Waals surface area contributed by atoms with Crippen LogP contribution in [0.15, 0.2) is 64.7 Å². The van der Waals surface area contributed by atoms with E-state index in [0.717, 1.165) is 28.6 Å². The third-order valence-electron chi connectivity index (χ3n) is 3.41. The normalized spacial score (nSPS) is 11.3. The molecule has 3 aromatic rings. The number of H-pyrrole nitrogens is 1. The van der Waals surface area contributed by atoms with Crippen LogP contribution in [0.1, 0.15) is 17.0 Å². The highest BCUT2D eigenvalue weighted by Crippen LogP contribution is 2.26. The Bertz CT molecular complexity index is 905. The zero-order valence-corrected chi connectivity index (χ0v) is 14.9. The summed E-state index contributed by atoms with van der Waals surface area (Å²) in [6.45, 7) is 2.24. The van der Waals surface area contributed by atoms with Gasteiger partial charge in [0, 0.05) is 0 Å². The molecule has 0 fully saturated rings. The first-order valence-electron chi connectivity index (χ1n) is 7.89. The standard InChI is InChI=1S/C19H17N3O3S/c1-13-20-19(22-21-13)26-17(18(23)24)11-14-7-9-16(10-8-14)25-12-15-5-3-2-4-6-15/h2-11H,12H2,1H3,(H,23,24)(H,20,21,22)/b17-11-. The van der Waals surface area contributed by atoms with Gasteiger partial charge in [0.15, 0.2) is 0 Å². The van der Waals surface area contributed by atoms with E-state index in [1.807, 2.05) is 54.6 Å². The number of nitrogens with zero attached hydrogens (tertiary/aromatic N) is 2. The highest BCUT2D eigenvalue weighted by molar-refractivity contribution is 8.04. The maximum atomic E-state index is 11.5. The molecule has 1 heterocycles. The largest absolute Gasteiger partial charge is 0.489 e. The second-order valence-electron chi connectivity index (χ2n) is 5.46. The molecule has 0 bridgehead atoms. The number of rotatable bonds is 7. The third kappa shape index (κ3) is 4.97. The Morgan fingerprint density at radius 2 is 1.92 bits per heavy atom. The van der Waals surface area contributed by atoms with E-state index in [2.05, 4.69) is 15.2 Å². The van der Waals surface area contributed by atoms with Crippen molar-refractivity contribution in [3.63, 3.8) is 0 Å². The topological polar surface area (TPSA) is 88.1 Å². The van der Waals surface area contributed by atoms with Gasteiger partial charge in [-0.05, 0) is 48.0 Å². The van der Waals surface area contributed by atoms with Crippen LogP contribution in [0.3, 0.4) is 0 Å². The zero-order chi connectivity index (χ0) is 18.4. The van der Waals surface area contributed by atoms with Crippen molar-refractivity contribution in [2.75, 3.05) is 0 Å². The number of aryl methyl sites for hydroxylation is 1. The van der Waals surface area contributed by atoms with Crippen molar-refractivity contribution in [1.29, 1.82) is 0 Å². The molecule has 2 N–H and O–H groups in total. The lowest BCUT2D eigenvalue weighted by atomic mass is 10.2. The van der Waals surface area contributed by atoms with Gasteiger partial charge >= 0.3 is 5.97 Å². The second-order valence-corrected chi connectivity index (χ2v) is 6.47. The highest BCUT2D eigenvalue weighted by atomic mass is 32.2. The number of thioether (sulfide) groups is 1. The van der Waals surface area contributed by atoms with Gasteiger partial charge in [0.2, 0.25) is 5.16 Å². The van der Waals surface area contributed by atoms with Crippen LogP contribution in [-0.2, 0) is 11.4 Å². The Morgan fingerprint density at radius 3 is 2.54 bits per heavy atom. The Kier molecular flexibility index (Phi) is 5.70. The van der Waals surface area contributed by atoms with Crippen molar-refractivity contribution in [2.45, 2.75) is 18.7 Å². The van der Waals surface area contributed by atoms with Gasteiger partial charge in [0.25, 0.3) is 0 Å². The molecule has 3 rings (SSSR count). The lowest BCUT2D eigenvalue weighted by Crippen LogP contribution is -1.97. The lowest BCUT2D eigenvalue weighted by molar-refractivity contribution is -0.131. The van der Waals surface area contributed by atoms with Gasteiger partial charge < -0.3 is 9.84 Å². The average molecular weight is 367 g/mol. The van der Waals surface area contributed by atoms with Crippen LogP contribution in [0, 0.1) is 6.92 Å². The Balaban J connectivity index is 1.67. The van der Waals surface area contributed by atoms with Crippen molar-refractivity contribution in [2.24, 2.45) is 0 Å². The van der Waals surface area contributed by atoms with E-state index in [1.54, 1.807) is 13.0 Å². The SMILES string of the molecule is Cc1nc(S/C(=C\c2ccc(OCc3ccccc3)cc2)C(=O)O)n[nH]1. The molecule has 0 saturated heterocycles. The summed E-state index contributed by atoms with van der Waals surface area (Å²) in [6, 6.07) is 17.1. The van der Waals surface area contributed by atoms with E-state index in [1.165, 1.54) is 0 Å². The van der Waals surface area contributed by atoms with E-state index in [4.69, 9.17) is 4.74 Å². The fourth-order valence-corrected chi connectivity index (χ4v) is 2.91. The molecule has 0 spiro atoms. The van der Waals surface area contributed by atoms with Gasteiger partial charge in [-0.15, -0.1) is 5.10 Å². The number of hydrogen-bond donors (Lipinski definition) is 2. The fourth-order valence-electron chi connectivity index (χ4n) is 2.15. The molecule has 0 amide bonds. The molecule has 0 aliphatic rings. The minimum absolute atomic E-state index is 0.141. The zero-order valence-electron chi connectivity index (χ0n) is 14.0. The van der Waals surface area contributed by atoms with Crippen molar-refractivity contribution in [3.05, 3.63) is 76.5 Å². The summed E-state index contributed by atoms with van der Waals surface area (Å²) in [5.74, 6) is 0.333. The number of hydrogen-bond acceptors (Lipinski definition) is 5. The number of aromatic nitrogens is 3. The molecule has 26 heavy (non-hydrogen) atoms. The summed E-state index contributed by atoms with van der Waals surface area (Å²) in [5.41, 5.74) is 1.84. The van der Waals surface area contributed by atoms with Crippen LogP contribution in [0.5, 0.6) is 5.75 Å². The summed E-state index contributed by atoms with van der Waals surface area (Å²) in [6.07, 6.45) is 1.58. The number of benzene rings is 2. The predicted octanol–water partition coefficient (Wildman–Crippen LogP) is 3.91. The third-order valence-corrected chi connectivity index (χ3v) is 4.29. The molecule has 0 radical (unpaired) electrons. The van der Waals surface area contributed by atoms with Gasteiger partial charge in [0.05, 0.1) is 0 Å². The summed E-state index contributed by atoms with van der Waals surface area (Å²) >= 11 is 1.00.